The molecule has 0 radical (unpaired) electrons. The van der Waals surface area contributed by atoms with Crippen LogP contribution < -0.4 is 5.32 Å². The lowest BCUT2D eigenvalue weighted by molar-refractivity contribution is 0.0579. The minimum absolute atomic E-state index is 0.599. The summed E-state index contributed by atoms with van der Waals surface area (Å²) in [6.07, 6.45) is 1.20. The highest BCUT2D eigenvalue weighted by Crippen LogP contribution is 2.32. The van der Waals surface area contributed by atoms with E-state index in [-0.39, 0.29) is 0 Å². The Morgan fingerprint density at radius 1 is 1.50 bits per heavy atom. The molecule has 1 aromatic heterocycles. The molecule has 3 heteroatoms. The predicted molar refractivity (Wildman–Crippen MR) is 80.1 cm³/mol. The van der Waals surface area contributed by atoms with Crippen LogP contribution in [0.15, 0.2) is 17.5 Å². The molecule has 1 aromatic rings. The summed E-state index contributed by atoms with van der Waals surface area (Å²) in [7, 11) is 0. The second kappa shape index (κ2) is 6.18. The van der Waals surface area contributed by atoms with Gasteiger partial charge >= 0.3 is 0 Å². The Morgan fingerprint density at radius 3 is 2.83 bits per heavy atom. The molecule has 1 N–H and O–H groups in total. The van der Waals surface area contributed by atoms with Crippen molar-refractivity contribution in [1.29, 1.82) is 0 Å². The minimum Gasteiger partial charge on any atom is -0.311 e. The van der Waals surface area contributed by atoms with E-state index in [4.69, 9.17) is 0 Å². The zero-order valence-electron chi connectivity index (χ0n) is 12.0. The maximum Gasteiger partial charge on any atom is 0.0443 e. The Kier molecular flexibility index (Phi) is 4.82. The van der Waals surface area contributed by atoms with Gasteiger partial charge < -0.3 is 5.32 Å². The van der Waals surface area contributed by atoms with E-state index >= 15 is 0 Å². The summed E-state index contributed by atoms with van der Waals surface area (Å²) in [5, 5.41) is 5.83. The zero-order valence-corrected chi connectivity index (χ0v) is 12.8. The van der Waals surface area contributed by atoms with Gasteiger partial charge in [0.25, 0.3) is 0 Å². The van der Waals surface area contributed by atoms with Gasteiger partial charge in [0.05, 0.1) is 0 Å². The fourth-order valence-corrected chi connectivity index (χ4v) is 3.94. The highest BCUT2D eigenvalue weighted by molar-refractivity contribution is 7.10. The van der Waals surface area contributed by atoms with E-state index < -0.39 is 0 Å². The van der Waals surface area contributed by atoms with Crippen LogP contribution in [0.25, 0.3) is 0 Å². The molecule has 0 bridgehead atoms. The van der Waals surface area contributed by atoms with Gasteiger partial charge in [-0.3, -0.25) is 4.90 Å². The number of thiophene rings is 1. The van der Waals surface area contributed by atoms with Crippen LogP contribution >= 0.6 is 11.3 Å². The van der Waals surface area contributed by atoms with Crippen LogP contribution in [0.5, 0.6) is 0 Å². The second-order valence-corrected chi connectivity index (χ2v) is 6.74. The van der Waals surface area contributed by atoms with Crippen LogP contribution in [0.2, 0.25) is 0 Å². The number of piperazine rings is 1. The normalized spacial score (nSPS) is 27.6. The second-order valence-electron chi connectivity index (χ2n) is 5.76. The molecule has 0 spiro atoms. The Morgan fingerprint density at radius 2 is 2.28 bits per heavy atom. The van der Waals surface area contributed by atoms with Crippen LogP contribution in [-0.2, 0) is 0 Å². The molecule has 1 fully saturated rings. The lowest BCUT2D eigenvalue weighted by atomic mass is 9.95. The molecule has 0 amide bonds. The van der Waals surface area contributed by atoms with Crippen LogP contribution in [0.1, 0.15) is 45.0 Å². The molecular weight excluding hydrogens is 240 g/mol. The molecule has 2 heterocycles. The Balaban J connectivity index is 2.20. The van der Waals surface area contributed by atoms with Gasteiger partial charge in [-0.1, -0.05) is 26.8 Å². The molecule has 3 atom stereocenters. The SMILES string of the molecule is CCC(c1cccs1)N1CC(C)NCC1C(C)C. The molecule has 18 heavy (non-hydrogen) atoms. The molecule has 102 valence electrons. The Hall–Kier alpha value is -0.380. The monoisotopic (exact) mass is 266 g/mol. The lowest BCUT2D eigenvalue weighted by Crippen LogP contribution is -2.58. The first-order chi connectivity index (χ1) is 8.63. The van der Waals surface area contributed by atoms with E-state index in [0.717, 1.165) is 6.54 Å². The maximum atomic E-state index is 3.63. The van der Waals surface area contributed by atoms with E-state index in [2.05, 4.69) is 55.4 Å². The third-order valence-corrected chi connectivity index (χ3v) is 4.99. The molecule has 1 saturated heterocycles. The van der Waals surface area contributed by atoms with E-state index in [1.54, 1.807) is 0 Å². The van der Waals surface area contributed by atoms with Crippen LogP contribution in [0.4, 0.5) is 0 Å². The Bertz CT molecular complexity index is 347. The minimum atomic E-state index is 0.599. The molecule has 0 aliphatic carbocycles. The first-order valence-electron chi connectivity index (χ1n) is 7.16. The third kappa shape index (κ3) is 2.95. The molecule has 0 aromatic carbocycles. The third-order valence-electron chi connectivity index (χ3n) is 4.01. The smallest absolute Gasteiger partial charge is 0.0443 e. The van der Waals surface area contributed by atoms with Crippen LogP contribution in [0, 0.1) is 5.92 Å². The van der Waals surface area contributed by atoms with Crippen molar-refractivity contribution in [3.63, 3.8) is 0 Å². The summed E-state index contributed by atoms with van der Waals surface area (Å²) in [6.45, 7) is 11.6. The van der Waals surface area contributed by atoms with E-state index in [9.17, 15) is 0 Å². The molecule has 1 aliphatic rings. The van der Waals surface area contributed by atoms with Crippen molar-refractivity contribution in [1.82, 2.24) is 10.2 Å². The van der Waals surface area contributed by atoms with Gasteiger partial charge in [-0.2, -0.15) is 0 Å². The first kappa shape index (κ1) is 14.0. The summed E-state index contributed by atoms with van der Waals surface area (Å²) in [5.41, 5.74) is 0. The highest BCUT2D eigenvalue weighted by Gasteiger charge is 2.33. The van der Waals surface area contributed by atoms with Gasteiger partial charge in [-0.05, 0) is 30.7 Å². The van der Waals surface area contributed by atoms with Gasteiger partial charge in [0.15, 0.2) is 0 Å². The standard InChI is InChI=1S/C15H26N2S/c1-5-13(15-7-6-8-18-15)17-10-12(4)16-9-14(17)11(2)3/h6-8,11-14,16H,5,9-10H2,1-4H3. The molecule has 1 aliphatic heterocycles. The average molecular weight is 266 g/mol. The van der Waals surface area contributed by atoms with Crippen molar-refractivity contribution in [3.05, 3.63) is 22.4 Å². The summed E-state index contributed by atoms with van der Waals surface area (Å²) < 4.78 is 0. The predicted octanol–water partition coefficient (Wildman–Crippen LogP) is 3.52. The number of nitrogens with zero attached hydrogens (tertiary/aromatic N) is 1. The van der Waals surface area contributed by atoms with E-state index in [1.807, 2.05) is 11.3 Å². The first-order valence-corrected chi connectivity index (χ1v) is 8.04. The van der Waals surface area contributed by atoms with Crippen LogP contribution in [0.3, 0.4) is 0 Å². The molecule has 2 rings (SSSR count). The van der Waals surface area contributed by atoms with Crippen molar-refractivity contribution in [2.45, 2.75) is 52.2 Å². The molecule has 2 nitrogen and oxygen atoms in total. The van der Waals surface area contributed by atoms with Crippen LogP contribution in [-0.4, -0.2) is 30.1 Å². The number of hydrogen-bond acceptors (Lipinski definition) is 3. The quantitative estimate of drug-likeness (QED) is 0.897. The van der Waals surface area contributed by atoms with Crippen molar-refractivity contribution < 1.29 is 0 Å². The molecular formula is C15H26N2S. The van der Waals surface area contributed by atoms with Crippen molar-refractivity contribution in [3.8, 4) is 0 Å². The average Bonchev–Trinajstić information content (AvgIpc) is 2.83. The van der Waals surface area contributed by atoms with Gasteiger partial charge in [0.2, 0.25) is 0 Å². The largest absolute Gasteiger partial charge is 0.311 e. The fraction of sp³-hybridized carbons (Fsp3) is 0.733. The van der Waals surface area contributed by atoms with E-state index in [1.165, 1.54) is 17.8 Å². The molecule has 0 saturated carbocycles. The highest BCUT2D eigenvalue weighted by atomic mass is 32.1. The van der Waals surface area contributed by atoms with Crippen molar-refractivity contribution in [2.75, 3.05) is 13.1 Å². The van der Waals surface area contributed by atoms with Gasteiger partial charge in [0.1, 0.15) is 0 Å². The van der Waals surface area contributed by atoms with Crippen molar-refractivity contribution >= 4 is 11.3 Å². The summed E-state index contributed by atoms with van der Waals surface area (Å²) >= 11 is 1.90. The number of rotatable bonds is 4. The fourth-order valence-electron chi connectivity index (χ4n) is 3.01. The maximum absolute atomic E-state index is 3.63. The lowest BCUT2D eigenvalue weighted by Gasteiger charge is -2.45. The van der Waals surface area contributed by atoms with Crippen molar-refractivity contribution in [2.24, 2.45) is 5.92 Å². The van der Waals surface area contributed by atoms with Gasteiger partial charge in [-0.15, -0.1) is 11.3 Å². The summed E-state index contributed by atoms with van der Waals surface area (Å²) in [6, 6.07) is 6.34. The van der Waals surface area contributed by atoms with E-state index in [0.29, 0.717) is 24.0 Å². The van der Waals surface area contributed by atoms with Gasteiger partial charge in [-0.25, -0.2) is 0 Å². The molecule has 3 unspecified atom stereocenters. The number of nitrogens with one attached hydrogen (secondary N) is 1. The summed E-state index contributed by atoms with van der Waals surface area (Å²) in [5.74, 6) is 0.707. The zero-order chi connectivity index (χ0) is 13.1. The Labute approximate surface area is 115 Å². The topological polar surface area (TPSA) is 15.3 Å². The number of hydrogen-bond donors (Lipinski definition) is 1. The van der Waals surface area contributed by atoms with Gasteiger partial charge in [0, 0.05) is 36.1 Å². The summed E-state index contributed by atoms with van der Waals surface area (Å²) in [4.78, 5) is 4.26.